The van der Waals surface area contributed by atoms with Gasteiger partial charge in [-0.1, -0.05) is 26.0 Å². The van der Waals surface area contributed by atoms with E-state index in [0.717, 1.165) is 16.4 Å². The van der Waals surface area contributed by atoms with E-state index in [2.05, 4.69) is 33.2 Å². The van der Waals surface area contributed by atoms with Gasteiger partial charge in [-0.2, -0.15) is 0 Å². The molecule has 1 aromatic rings. The molecule has 3 amide bonds. The van der Waals surface area contributed by atoms with Crippen molar-refractivity contribution >= 4 is 40.3 Å². The summed E-state index contributed by atoms with van der Waals surface area (Å²) in [7, 11) is 0. The predicted octanol–water partition coefficient (Wildman–Crippen LogP) is 1.78. The van der Waals surface area contributed by atoms with Gasteiger partial charge in [0.2, 0.25) is 11.8 Å². The molecular weight excluding hydrogens is 433 g/mol. The Bertz CT molecular complexity index is 648. The number of hydrogen-bond acceptors (Lipinski definition) is 3. The van der Waals surface area contributed by atoms with Crippen molar-refractivity contribution in [3.05, 3.63) is 33.4 Å². The van der Waals surface area contributed by atoms with Gasteiger partial charge < -0.3 is 15.5 Å². The fraction of sp³-hybridized carbons (Fsp3) is 0.500. The summed E-state index contributed by atoms with van der Waals surface area (Å²) < 4.78 is 0.847. The summed E-state index contributed by atoms with van der Waals surface area (Å²) in [5.74, 6) is -0.437. The lowest BCUT2D eigenvalue weighted by atomic mass is 10.0. The van der Waals surface area contributed by atoms with Gasteiger partial charge in [-0.15, -0.1) is 0 Å². The Morgan fingerprint density at radius 1 is 1.28 bits per heavy atom. The smallest absolute Gasteiger partial charge is 0.252 e. The van der Waals surface area contributed by atoms with Gasteiger partial charge in [0.15, 0.2) is 0 Å². The van der Waals surface area contributed by atoms with Crippen LogP contribution in [-0.4, -0.2) is 48.3 Å². The Hall–Kier alpha value is -1.64. The average Bonchev–Trinajstić information content (AvgIpc) is 2.60. The molecule has 0 bridgehead atoms. The zero-order valence-electron chi connectivity index (χ0n) is 14.5. The average molecular weight is 457 g/mol. The first-order valence-corrected chi connectivity index (χ1v) is 9.57. The van der Waals surface area contributed by atoms with E-state index in [9.17, 15) is 14.4 Å². The van der Waals surface area contributed by atoms with Crippen LogP contribution in [0.15, 0.2) is 24.3 Å². The molecule has 1 fully saturated rings. The van der Waals surface area contributed by atoms with Crippen molar-refractivity contribution < 1.29 is 14.4 Å². The van der Waals surface area contributed by atoms with Gasteiger partial charge in [-0.05, 0) is 47.6 Å². The van der Waals surface area contributed by atoms with Crippen LogP contribution in [-0.2, 0) is 9.59 Å². The molecule has 0 saturated carbocycles. The van der Waals surface area contributed by atoms with Crippen molar-refractivity contribution in [2.75, 3.05) is 19.6 Å². The Morgan fingerprint density at radius 3 is 2.68 bits per heavy atom. The second-order valence-corrected chi connectivity index (χ2v) is 7.67. The number of rotatable bonds is 5. The Labute approximate surface area is 161 Å². The topological polar surface area (TPSA) is 78.5 Å². The summed E-state index contributed by atoms with van der Waals surface area (Å²) >= 11 is 2.10. The van der Waals surface area contributed by atoms with Crippen LogP contribution in [0.4, 0.5) is 0 Å². The summed E-state index contributed by atoms with van der Waals surface area (Å²) in [6.07, 6.45) is 1.72. The zero-order chi connectivity index (χ0) is 18.4. The second kappa shape index (κ2) is 9.17. The third-order valence-corrected chi connectivity index (χ3v) is 5.10. The van der Waals surface area contributed by atoms with E-state index >= 15 is 0 Å². The Balaban J connectivity index is 1.85. The first-order chi connectivity index (χ1) is 11.9. The van der Waals surface area contributed by atoms with Crippen LogP contribution >= 0.6 is 22.6 Å². The maximum absolute atomic E-state index is 12.4. The van der Waals surface area contributed by atoms with E-state index in [4.69, 9.17) is 0 Å². The highest BCUT2D eigenvalue weighted by Crippen LogP contribution is 2.12. The largest absolute Gasteiger partial charge is 0.351 e. The number of amides is 3. The van der Waals surface area contributed by atoms with Gasteiger partial charge in [-0.3, -0.25) is 14.4 Å². The predicted molar refractivity (Wildman–Crippen MR) is 104 cm³/mol. The maximum Gasteiger partial charge on any atom is 0.252 e. The number of carbonyl (C=O) groups excluding carboxylic acids is 3. The number of nitrogens with one attached hydrogen (secondary N) is 2. The number of piperidine rings is 1. The van der Waals surface area contributed by atoms with E-state index in [0.29, 0.717) is 18.7 Å². The third kappa shape index (κ3) is 5.69. The van der Waals surface area contributed by atoms with Crippen LogP contribution in [0.5, 0.6) is 0 Å². The molecule has 1 heterocycles. The van der Waals surface area contributed by atoms with Gasteiger partial charge in [0, 0.05) is 28.6 Å². The molecule has 0 radical (unpaired) electrons. The van der Waals surface area contributed by atoms with Crippen LogP contribution < -0.4 is 10.6 Å². The van der Waals surface area contributed by atoms with Gasteiger partial charge in [-0.25, -0.2) is 0 Å². The number of carbonyl (C=O) groups is 3. The van der Waals surface area contributed by atoms with Crippen LogP contribution in [0.1, 0.15) is 37.0 Å². The maximum atomic E-state index is 12.4. The normalized spacial score (nSPS) is 17.3. The minimum Gasteiger partial charge on any atom is -0.351 e. The van der Waals surface area contributed by atoms with Gasteiger partial charge in [0.25, 0.3) is 5.91 Å². The minimum absolute atomic E-state index is 0.00579. The second-order valence-electron chi connectivity index (χ2n) is 6.50. The van der Waals surface area contributed by atoms with Crippen molar-refractivity contribution in [2.24, 2.45) is 5.92 Å². The highest BCUT2D eigenvalue weighted by molar-refractivity contribution is 14.1. The molecule has 1 aliphatic heterocycles. The summed E-state index contributed by atoms with van der Waals surface area (Å²) in [6, 6.07) is 7.23. The van der Waals surface area contributed by atoms with E-state index in [1.807, 2.05) is 26.0 Å². The Kier molecular flexibility index (Phi) is 7.22. The molecule has 0 aromatic heterocycles. The molecule has 0 aliphatic carbocycles. The number of nitrogens with zero attached hydrogens (tertiary/aromatic N) is 1. The molecule has 136 valence electrons. The SMILES string of the molecule is CC(C)C(=O)NC1CCCN(C(=O)CNC(=O)c2ccccc2I)C1. The molecule has 25 heavy (non-hydrogen) atoms. The molecule has 1 atom stereocenters. The molecular formula is C18H24IN3O3. The van der Waals surface area contributed by atoms with E-state index in [1.54, 1.807) is 17.0 Å². The van der Waals surface area contributed by atoms with Crippen molar-refractivity contribution in [2.45, 2.75) is 32.7 Å². The minimum atomic E-state index is -0.250. The summed E-state index contributed by atoms with van der Waals surface area (Å²) in [5, 5.41) is 5.67. The van der Waals surface area contributed by atoms with Gasteiger partial charge >= 0.3 is 0 Å². The van der Waals surface area contributed by atoms with E-state index < -0.39 is 0 Å². The molecule has 0 spiro atoms. The zero-order valence-corrected chi connectivity index (χ0v) is 16.7. The van der Waals surface area contributed by atoms with E-state index in [-0.39, 0.29) is 36.2 Å². The van der Waals surface area contributed by atoms with Crippen molar-refractivity contribution in [1.29, 1.82) is 0 Å². The quantitative estimate of drug-likeness (QED) is 0.662. The standard InChI is InChI=1S/C18H24IN3O3/c1-12(2)17(24)21-13-6-5-9-22(11-13)16(23)10-20-18(25)14-7-3-4-8-15(14)19/h3-4,7-8,12-13H,5-6,9-11H2,1-2H3,(H,20,25)(H,21,24). The first kappa shape index (κ1) is 19.7. The van der Waals surface area contributed by atoms with Crippen LogP contribution in [0.2, 0.25) is 0 Å². The molecule has 2 rings (SSSR count). The summed E-state index contributed by atoms with van der Waals surface area (Å²) in [5.41, 5.74) is 0.566. The van der Waals surface area contributed by atoms with Gasteiger partial charge in [0.05, 0.1) is 12.1 Å². The van der Waals surface area contributed by atoms with Gasteiger partial charge in [0.1, 0.15) is 0 Å². The lowest BCUT2D eigenvalue weighted by Gasteiger charge is -2.33. The highest BCUT2D eigenvalue weighted by atomic mass is 127. The van der Waals surface area contributed by atoms with E-state index in [1.165, 1.54) is 0 Å². The third-order valence-electron chi connectivity index (χ3n) is 4.16. The lowest BCUT2D eigenvalue weighted by molar-refractivity contribution is -0.133. The van der Waals surface area contributed by atoms with Crippen molar-refractivity contribution in [3.8, 4) is 0 Å². The molecule has 6 nitrogen and oxygen atoms in total. The van der Waals surface area contributed by atoms with Crippen LogP contribution in [0.3, 0.4) is 0 Å². The number of benzene rings is 1. The summed E-state index contributed by atoms with van der Waals surface area (Å²) in [6.45, 7) is 4.82. The molecule has 2 N–H and O–H groups in total. The first-order valence-electron chi connectivity index (χ1n) is 8.49. The molecule has 1 saturated heterocycles. The van der Waals surface area contributed by atoms with Crippen molar-refractivity contribution in [1.82, 2.24) is 15.5 Å². The van der Waals surface area contributed by atoms with Crippen LogP contribution in [0.25, 0.3) is 0 Å². The molecule has 1 aromatic carbocycles. The number of halogens is 1. The van der Waals surface area contributed by atoms with Crippen LogP contribution in [0, 0.1) is 9.49 Å². The van der Waals surface area contributed by atoms with Crippen molar-refractivity contribution in [3.63, 3.8) is 0 Å². The Morgan fingerprint density at radius 2 is 2.00 bits per heavy atom. The monoisotopic (exact) mass is 457 g/mol. The number of likely N-dealkylation sites (tertiary alicyclic amines) is 1. The summed E-state index contributed by atoms with van der Waals surface area (Å²) in [4.78, 5) is 38.1. The molecule has 1 aliphatic rings. The lowest BCUT2D eigenvalue weighted by Crippen LogP contribution is -2.52. The molecule has 7 heteroatoms. The number of hydrogen-bond donors (Lipinski definition) is 2. The molecule has 1 unspecified atom stereocenters. The fourth-order valence-electron chi connectivity index (χ4n) is 2.70. The highest BCUT2D eigenvalue weighted by Gasteiger charge is 2.25. The fourth-order valence-corrected chi connectivity index (χ4v) is 3.33.